The summed E-state index contributed by atoms with van der Waals surface area (Å²) in [6, 6.07) is 5.38. The van der Waals surface area contributed by atoms with E-state index < -0.39 is 0 Å². The molecule has 138 valence electrons. The van der Waals surface area contributed by atoms with Gasteiger partial charge < -0.3 is 10.2 Å². The van der Waals surface area contributed by atoms with Crippen LogP contribution in [0.15, 0.2) is 18.2 Å². The molecule has 1 heterocycles. The number of halogens is 2. The first kappa shape index (κ1) is 20.0. The summed E-state index contributed by atoms with van der Waals surface area (Å²) in [4.78, 5) is 29.7. The van der Waals surface area contributed by atoms with Gasteiger partial charge in [0.2, 0.25) is 11.8 Å². The van der Waals surface area contributed by atoms with E-state index in [4.69, 9.17) is 23.2 Å². The molecule has 2 amide bonds. The quantitative estimate of drug-likeness (QED) is 0.800. The van der Waals surface area contributed by atoms with Crippen molar-refractivity contribution in [2.75, 3.05) is 53.4 Å². The predicted octanol–water partition coefficient (Wildman–Crippen LogP) is 1.32. The van der Waals surface area contributed by atoms with E-state index in [0.717, 1.165) is 5.56 Å². The van der Waals surface area contributed by atoms with Crippen molar-refractivity contribution >= 4 is 35.0 Å². The Labute approximate surface area is 158 Å². The number of nitrogens with zero attached hydrogens (tertiary/aromatic N) is 3. The van der Waals surface area contributed by atoms with Crippen molar-refractivity contribution in [2.45, 2.75) is 6.54 Å². The third kappa shape index (κ3) is 6.15. The zero-order chi connectivity index (χ0) is 18.4. The van der Waals surface area contributed by atoms with Gasteiger partial charge in [0, 0.05) is 49.8 Å². The molecule has 0 bridgehead atoms. The summed E-state index contributed by atoms with van der Waals surface area (Å²) in [6.45, 7) is 4.01. The molecular weight excluding hydrogens is 363 g/mol. The Bertz CT molecular complexity index is 619. The molecule has 1 saturated heterocycles. The largest absolute Gasteiger partial charge is 0.358 e. The summed E-state index contributed by atoms with van der Waals surface area (Å²) in [5, 5.41) is 3.82. The molecule has 2 rings (SSSR count). The number of nitrogens with one attached hydrogen (secondary N) is 1. The van der Waals surface area contributed by atoms with E-state index in [1.54, 1.807) is 19.2 Å². The summed E-state index contributed by atoms with van der Waals surface area (Å²) < 4.78 is 0. The minimum atomic E-state index is -0.000599. The average Bonchev–Trinajstić information content (AvgIpc) is 2.57. The number of hydrogen-bond donors (Lipinski definition) is 1. The number of carbonyl (C=O) groups is 2. The van der Waals surface area contributed by atoms with Gasteiger partial charge in [-0.1, -0.05) is 29.3 Å². The Balaban J connectivity index is 1.79. The Morgan fingerprint density at radius 3 is 2.48 bits per heavy atom. The highest BCUT2D eigenvalue weighted by Gasteiger charge is 2.23. The molecule has 1 N–H and O–H groups in total. The molecule has 1 aliphatic heterocycles. The lowest BCUT2D eigenvalue weighted by atomic mass is 10.2. The summed E-state index contributed by atoms with van der Waals surface area (Å²) in [5.41, 5.74) is 0.941. The fourth-order valence-corrected chi connectivity index (χ4v) is 3.23. The van der Waals surface area contributed by atoms with Gasteiger partial charge in [0.15, 0.2) is 0 Å². The van der Waals surface area contributed by atoms with Gasteiger partial charge in [-0.2, -0.15) is 0 Å². The van der Waals surface area contributed by atoms with Gasteiger partial charge in [-0.15, -0.1) is 0 Å². The third-order valence-electron chi connectivity index (χ3n) is 4.23. The van der Waals surface area contributed by atoms with Crippen LogP contribution in [0.1, 0.15) is 5.56 Å². The Morgan fingerprint density at radius 2 is 1.88 bits per heavy atom. The van der Waals surface area contributed by atoms with Crippen LogP contribution in [0, 0.1) is 0 Å². The Hall–Kier alpha value is -1.34. The molecular formula is C17H24Cl2N4O2. The zero-order valence-corrected chi connectivity index (χ0v) is 16.1. The van der Waals surface area contributed by atoms with Gasteiger partial charge >= 0.3 is 0 Å². The highest BCUT2D eigenvalue weighted by Crippen LogP contribution is 2.22. The van der Waals surface area contributed by atoms with E-state index in [2.05, 4.69) is 10.2 Å². The van der Waals surface area contributed by atoms with Gasteiger partial charge in [-0.25, -0.2) is 0 Å². The van der Waals surface area contributed by atoms with Crippen molar-refractivity contribution < 1.29 is 9.59 Å². The maximum absolute atomic E-state index is 12.5. The van der Waals surface area contributed by atoms with Gasteiger partial charge in [0.05, 0.1) is 13.1 Å². The van der Waals surface area contributed by atoms with Crippen LogP contribution in [0.4, 0.5) is 0 Å². The van der Waals surface area contributed by atoms with Crippen molar-refractivity contribution in [3.8, 4) is 0 Å². The molecule has 1 aromatic rings. The van der Waals surface area contributed by atoms with Crippen molar-refractivity contribution in [1.82, 2.24) is 20.0 Å². The normalized spacial score (nSPS) is 15.5. The number of rotatable bonds is 6. The van der Waals surface area contributed by atoms with Crippen LogP contribution in [0.3, 0.4) is 0 Å². The number of benzene rings is 1. The molecule has 25 heavy (non-hydrogen) atoms. The van der Waals surface area contributed by atoms with Crippen molar-refractivity contribution in [2.24, 2.45) is 0 Å². The molecule has 0 saturated carbocycles. The summed E-state index contributed by atoms with van der Waals surface area (Å²) in [5.74, 6) is 0.0894. The van der Waals surface area contributed by atoms with Crippen LogP contribution >= 0.6 is 23.2 Å². The first-order chi connectivity index (χ1) is 11.9. The smallest absolute Gasteiger partial charge is 0.236 e. The standard InChI is InChI=1S/C17H24Cl2N4O2/c1-20-16(24)11-22-5-7-23(8-6-22)17(25)12-21(2)10-13-3-4-14(18)9-15(13)19/h3-4,9H,5-8,10-12H2,1-2H3,(H,20,24). The Morgan fingerprint density at radius 1 is 1.20 bits per heavy atom. The third-order valence-corrected chi connectivity index (χ3v) is 4.82. The molecule has 6 nitrogen and oxygen atoms in total. The van der Waals surface area contributed by atoms with Crippen LogP contribution < -0.4 is 5.32 Å². The lowest BCUT2D eigenvalue weighted by Gasteiger charge is -2.35. The van der Waals surface area contributed by atoms with Gasteiger partial charge in [0.25, 0.3) is 0 Å². The second-order valence-electron chi connectivity index (χ2n) is 6.24. The van der Waals surface area contributed by atoms with E-state index in [0.29, 0.717) is 55.9 Å². The molecule has 0 atom stereocenters. The predicted molar refractivity (Wildman–Crippen MR) is 99.9 cm³/mol. The second kappa shape index (κ2) is 9.38. The van der Waals surface area contributed by atoms with Crippen LogP contribution in [0.2, 0.25) is 10.0 Å². The molecule has 0 aliphatic carbocycles. The number of amides is 2. The molecule has 0 spiro atoms. The molecule has 1 aromatic carbocycles. The van der Waals surface area contributed by atoms with Crippen molar-refractivity contribution in [3.63, 3.8) is 0 Å². The lowest BCUT2D eigenvalue weighted by Crippen LogP contribution is -2.52. The fraction of sp³-hybridized carbons (Fsp3) is 0.529. The molecule has 8 heteroatoms. The topological polar surface area (TPSA) is 55.9 Å². The summed E-state index contributed by atoms with van der Waals surface area (Å²) >= 11 is 12.1. The summed E-state index contributed by atoms with van der Waals surface area (Å²) in [6.07, 6.45) is 0. The SMILES string of the molecule is CNC(=O)CN1CCN(C(=O)CN(C)Cc2ccc(Cl)cc2Cl)CC1. The molecule has 1 aliphatic rings. The molecule has 0 radical (unpaired) electrons. The first-order valence-electron chi connectivity index (χ1n) is 8.22. The average molecular weight is 387 g/mol. The van der Waals surface area contributed by atoms with E-state index >= 15 is 0 Å². The number of likely N-dealkylation sites (N-methyl/N-ethyl adjacent to an activating group) is 2. The van der Waals surface area contributed by atoms with E-state index in [-0.39, 0.29) is 11.8 Å². The molecule has 1 fully saturated rings. The monoisotopic (exact) mass is 386 g/mol. The van der Waals surface area contributed by atoms with E-state index in [9.17, 15) is 9.59 Å². The second-order valence-corrected chi connectivity index (χ2v) is 7.08. The van der Waals surface area contributed by atoms with Crippen LogP contribution in [-0.2, 0) is 16.1 Å². The van der Waals surface area contributed by atoms with E-state index in [1.807, 2.05) is 22.9 Å². The van der Waals surface area contributed by atoms with Gasteiger partial charge in [-0.3, -0.25) is 19.4 Å². The van der Waals surface area contributed by atoms with Crippen molar-refractivity contribution in [1.29, 1.82) is 0 Å². The lowest BCUT2D eigenvalue weighted by molar-refractivity contribution is -0.134. The van der Waals surface area contributed by atoms with Gasteiger partial charge in [-0.05, 0) is 24.7 Å². The minimum absolute atomic E-state index is 0.000599. The first-order valence-corrected chi connectivity index (χ1v) is 8.98. The van der Waals surface area contributed by atoms with E-state index in [1.165, 1.54) is 0 Å². The molecule has 0 aromatic heterocycles. The van der Waals surface area contributed by atoms with Crippen LogP contribution in [-0.4, -0.2) is 79.9 Å². The summed E-state index contributed by atoms with van der Waals surface area (Å²) in [7, 11) is 3.52. The maximum Gasteiger partial charge on any atom is 0.236 e. The fourth-order valence-electron chi connectivity index (χ4n) is 2.77. The Kier molecular flexibility index (Phi) is 7.50. The number of hydrogen-bond acceptors (Lipinski definition) is 4. The highest BCUT2D eigenvalue weighted by atomic mass is 35.5. The maximum atomic E-state index is 12.5. The highest BCUT2D eigenvalue weighted by molar-refractivity contribution is 6.35. The number of piperazine rings is 1. The van der Waals surface area contributed by atoms with Crippen LogP contribution in [0.5, 0.6) is 0 Å². The zero-order valence-electron chi connectivity index (χ0n) is 14.6. The van der Waals surface area contributed by atoms with Gasteiger partial charge in [0.1, 0.15) is 0 Å². The number of carbonyl (C=O) groups excluding carboxylic acids is 2. The molecule has 0 unspecified atom stereocenters. The van der Waals surface area contributed by atoms with Crippen LogP contribution in [0.25, 0.3) is 0 Å². The van der Waals surface area contributed by atoms with Crippen molar-refractivity contribution in [3.05, 3.63) is 33.8 Å². The minimum Gasteiger partial charge on any atom is -0.358 e.